The fraction of sp³-hybridized carbons (Fsp3) is 0.345. The van der Waals surface area contributed by atoms with E-state index in [4.69, 9.17) is 11.6 Å². The first kappa shape index (κ1) is 24.1. The Morgan fingerprint density at radius 2 is 1.74 bits per heavy atom. The molecule has 35 heavy (non-hydrogen) atoms. The van der Waals surface area contributed by atoms with Crippen LogP contribution < -0.4 is 5.32 Å². The summed E-state index contributed by atoms with van der Waals surface area (Å²) in [6.45, 7) is 6.50. The van der Waals surface area contributed by atoms with Crippen LogP contribution in [0.2, 0.25) is 5.02 Å². The topological polar surface area (TPSA) is 37.3 Å². The van der Waals surface area contributed by atoms with E-state index in [1.54, 1.807) is 11.8 Å². The maximum absolute atomic E-state index is 13.8. The summed E-state index contributed by atoms with van der Waals surface area (Å²) >= 11 is 7.74. The predicted molar refractivity (Wildman–Crippen MR) is 148 cm³/mol. The lowest BCUT2D eigenvalue weighted by Crippen LogP contribution is -2.48. The smallest absolute Gasteiger partial charge is 0.262 e. The minimum atomic E-state index is -0.110. The van der Waals surface area contributed by atoms with Crippen LogP contribution in [0, 0.1) is 19.8 Å². The molecule has 2 fully saturated rings. The zero-order valence-electron chi connectivity index (χ0n) is 20.5. The van der Waals surface area contributed by atoms with Gasteiger partial charge >= 0.3 is 0 Å². The molecule has 1 N–H and O–H groups in total. The molecule has 5 rings (SSSR count). The molecule has 2 aromatic carbocycles. The first-order valence-electron chi connectivity index (χ1n) is 12.4. The average molecular weight is 506 g/mol. The molecule has 1 aliphatic heterocycles. The Morgan fingerprint density at radius 1 is 1.03 bits per heavy atom. The third-order valence-corrected chi connectivity index (χ3v) is 8.63. The predicted octanol–water partition coefficient (Wildman–Crippen LogP) is 7.64. The first-order chi connectivity index (χ1) is 16.9. The summed E-state index contributed by atoms with van der Waals surface area (Å²) in [5, 5.41) is 4.35. The number of thioether (sulfide) groups is 1. The highest BCUT2D eigenvalue weighted by molar-refractivity contribution is 8.05. The maximum atomic E-state index is 13.8. The summed E-state index contributed by atoms with van der Waals surface area (Å²) in [6, 6.07) is 20.5. The SMILES string of the molecule is Cc1cc(/C=C2\SC(Nc3ccccc3)N([C@H]3CCCC[C@@H]3C)C2=O)c(C)n1-c1ccc(Cl)cc1. The lowest BCUT2D eigenvalue weighted by Gasteiger charge is -2.39. The molecule has 2 aliphatic rings. The van der Waals surface area contributed by atoms with Gasteiger partial charge < -0.3 is 14.8 Å². The lowest BCUT2D eigenvalue weighted by molar-refractivity contribution is -0.129. The van der Waals surface area contributed by atoms with Crippen LogP contribution in [-0.4, -0.2) is 26.9 Å². The number of carbonyl (C=O) groups excluding carboxylic acids is 1. The third-order valence-electron chi connectivity index (χ3n) is 7.27. The molecule has 182 valence electrons. The molecule has 1 amide bonds. The molecule has 1 aliphatic carbocycles. The van der Waals surface area contributed by atoms with Gasteiger partial charge in [-0.3, -0.25) is 4.79 Å². The number of aryl methyl sites for hydroxylation is 1. The van der Waals surface area contributed by atoms with Gasteiger partial charge in [0.15, 0.2) is 5.50 Å². The summed E-state index contributed by atoms with van der Waals surface area (Å²) in [5.74, 6) is 0.640. The molecule has 0 radical (unpaired) electrons. The number of para-hydroxylation sites is 1. The van der Waals surface area contributed by atoms with E-state index in [0.29, 0.717) is 5.92 Å². The van der Waals surface area contributed by atoms with E-state index in [-0.39, 0.29) is 17.4 Å². The number of carbonyl (C=O) groups is 1. The summed E-state index contributed by atoms with van der Waals surface area (Å²) in [7, 11) is 0. The van der Waals surface area contributed by atoms with Crippen molar-refractivity contribution in [1.29, 1.82) is 0 Å². The highest BCUT2D eigenvalue weighted by Crippen LogP contribution is 2.42. The van der Waals surface area contributed by atoms with Crippen molar-refractivity contribution < 1.29 is 4.79 Å². The quantitative estimate of drug-likeness (QED) is 0.362. The van der Waals surface area contributed by atoms with Gasteiger partial charge in [-0.1, -0.05) is 61.3 Å². The van der Waals surface area contributed by atoms with Gasteiger partial charge in [-0.05, 0) is 86.7 Å². The summed E-state index contributed by atoms with van der Waals surface area (Å²) in [6.07, 6.45) is 6.76. The van der Waals surface area contributed by atoms with Crippen molar-refractivity contribution in [2.24, 2.45) is 5.92 Å². The molecule has 1 aromatic heterocycles. The zero-order valence-corrected chi connectivity index (χ0v) is 22.1. The van der Waals surface area contributed by atoms with Gasteiger partial charge in [0.05, 0.1) is 4.91 Å². The fourth-order valence-corrected chi connectivity index (χ4v) is 6.76. The average Bonchev–Trinajstić information content (AvgIpc) is 3.30. The lowest BCUT2D eigenvalue weighted by atomic mass is 9.85. The van der Waals surface area contributed by atoms with Crippen LogP contribution in [0.3, 0.4) is 0 Å². The molecule has 2 heterocycles. The largest absolute Gasteiger partial charge is 0.356 e. The highest BCUT2D eigenvalue weighted by atomic mass is 35.5. The molecule has 3 aromatic rings. The van der Waals surface area contributed by atoms with Crippen LogP contribution >= 0.6 is 23.4 Å². The number of amides is 1. The number of hydrogen-bond acceptors (Lipinski definition) is 3. The summed E-state index contributed by atoms with van der Waals surface area (Å²) in [4.78, 5) is 16.8. The van der Waals surface area contributed by atoms with Gasteiger partial charge in [0.1, 0.15) is 0 Å². The van der Waals surface area contributed by atoms with Crippen LogP contribution in [0.1, 0.15) is 49.6 Å². The van der Waals surface area contributed by atoms with Gasteiger partial charge in [-0.2, -0.15) is 0 Å². The number of aromatic nitrogens is 1. The van der Waals surface area contributed by atoms with Gasteiger partial charge in [0, 0.05) is 33.8 Å². The van der Waals surface area contributed by atoms with Crippen LogP contribution in [0.15, 0.2) is 65.6 Å². The van der Waals surface area contributed by atoms with Crippen molar-refractivity contribution in [1.82, 2.24) is 9.47 Å². The standard InChI is InChI=1S/C29H32ClN3OS/c1-19-9-7-8-12-26(19)33-28(34)27(35-29(33)31-24-10-5-4-6-11-24)18-22-17-20(2)32(21(22)3)25-15-13-23(30)14-16-25/h4-6,10-11,13-19,26,29,31H,7-9,12H2,1-3H3/b27-18-/t19-,26-,29?/m0/s1. The molecule has 3 atom stereocenters. The third kappa shape index (κ3) is 4.89. The fourth-order valence-electron chi connectivity index (χ4n) is 5.43. The van der Waals surface area contributed by atoms with E-state index >= 15 is 0 Å². The van der Waals surface area contributed by atoms with Gasteiger partial charge in [0.25, 0.3) is 5.91 Å². The number of hydrogen-bond donors (Lipinski definition) is 1. The molecular formula is C29H32ClN3OS. The maximum Gasteiger partial charge on any atom is 0.262 e. The van der Waals surface area contributed by atoms with Crippen LogP contribution in [0.5, 0.6) is 0 Å². The number of nitrogens with zero attached hydrogens (tertiary/aromatic N) is 2. The van der Waals surface area contributed by atoms with Crippen molar-refractivity contribution in [2.75, 3.05) is 5.32 Å². The van der Waals surface area contributed by atoms with E-state index < -0.39 is 0 Å². The van der Waals surface area contributed by atoms with E-state index in [1.165, 1.54) is 19.3 Å². The molecule has 1 saturated heterocycles. The normalized spacial score (nSPS) is 23.8. The monoisotopic (exact) mass is 505 g/mol. The minimum absolute atomic E-state index is 0.110. The Bertz CT molecular complexity index is 1230. The molecule has 6 heteroatoms. The van der Waals surface area contributed by atoms with E-state index in [1.807, 2.05) is 42.5 Å². The molecule has 1 unspecified atom stereocenters. The van der Waals surface area contributed by atoms with Gasteiger partial charge in [-0.15, -0.1) is 0 Å². The number of nitrogens with one attached hydrogen (secondary N) is 1. The number of anilines is 1. The zero-order chi connectivity index (χ0) is 24.5. The Balaban J connectivity index is 1.49. The molecule has 0 bridgehead atoms. The van der Waals surface area contributed by atoms with Gasteiger partial charge in [0.2, 0.25) is 0 Å². The summed E-state index contributed by atoms with van der Waals surface area (Å²) < 4.78 is 2.22. The Morgan fingerprint density at radius 3 is 2.46 bits per heavy atom. The van der Waals surface area contributed by atoms with E-state index in [0.717, 1.165) is 44.7 Å². The second-order valence-corrected chi connectivity index (χ2v) is 11.2. The number of rotatable bonds is 5. The van der Waals surface area contributed by atoms with Crippen LogP contribution in [0.4, 0.5) is 5.69 Å². The Kier molecular flexibility index (Phi) is 6.99. The second-order valence-electron chi connectivity index (χ2n) is 9.67. The van der Waals surface area contributed by atoms with E-state index in [9.17, 15) is 4.79 Å². The Hall–Kier alpha value is -2.63. The van der Waals surface area contributed by atoms with E-state index in [2.05, 4.69) is 59.8 Å². The second kappa shape index (κ2) is 10.2. The summed E-state index contributed by atoms with van der Waals surface area (Å²) in [5.41, 5.74) is 5.31. The molecular weight excluding hydrogens is 474 g/mol. The first-order valence-corrected chi connectivity index (χ1v) is 13.7. The Labute approximate surface area is 217 Å². The van der Waals surface area contributed by atoms with Crippen molar-refractivity contribution in [3.05, 3.63) is 87.5 Å². The van der Waals surface area contributed by atoms with Crippen molar-refractivity contribution in [3.63, 3.8) is 0 Å². The van der Waals surface area contributed by atoms with Crippen molar-refractivity contribution in [2.45, 2.75) is 58.0 Å². The minimum Gasteiger partial charge on any atom is -0.356 e. The number of halogens is 1. The van der Waals surface area contributed by atoms with Crippen molar-refractivity contribution >= 4 is 41.0 Å². The highest BCUT2D eigenvalue weighted by Gasteiger charge is 2.43. The van der Waals surface area contributed by atoms with Gasteiger partial charge in [-0.25, -0.2) is 0 Å². The van der Waals surface area contributed by atoms with Crippen LogP contribution in [0.25, 0.3) is 11.8 Å². The van der Waals surface area contributed by atoms with Crippen LogP contribution in [-0.2, 0) is 4.79 Å². The number of benzene rings is 2. The van der Waals surface area contributed by atoms with Crippen molar-refractivity contribution in [3.8, 4) is 5.69 Å². The molecule has 0 spiro atoms. The molecule has 4 nitrogen and oxygen atoms in total. The molecule has 1 saturated carbocycles.